The molecular formula is C40H20N2O4. The molecule has 0 fully saturated rings. The minimum Gasteiger partial charge on any atom is -0.308 e. The Balaban J connectivity index is 1.55. The maximum Gasteiger partial charge on any atom is 0.197 e. The Kier molecular flexibility index (Phi) is 2.35. The monoisotopic (exact) mass is 612 g/mol. The smallest absolute Gasteiger partial charge is 0.197 e. The van der Waals surface area contributed by atoms with Gasteiger partial charge in [-0.15, -0.1) is 0 Å². The highest BCUT2D eigenvalue weighted by atomic mass is 16.1. The maximum absolute atomic E-state index is 14.8. The fraction of sp³-hybridized carbons (Fsp3) is 0. The molecule has 0 radical (unpaired) electrons. The summed E-state index contributed by atoms with van der Waals surface area (Å²) in [6.07, 6.45) is 0. The van der Waals surface area contributed by atoms with Crippen molar-refractivity contribution in [3.05, 3.63) is 162 Å². The van der Waals surface area contributed by atoms with Gasteiger partial charge >= 0.3 is 0 Å². The van der Waals surface area contributed by atoms with Gasteiger partial charge in [-0.05, 0) is 83.6 Å². The third-order valence-electron chi connectivity index (χ3n) is 8.03. The third kappa shape index (κ3) is 3.00. The van der Waals surface area contributed by atoms with Crippen LogP contribution in [0.2, 0.25) is 0 Å². The van der Waals surface area contributed by atoms with Crippen molar-refractivity contribution in [2.75, 3.05) is 0 Å². The fourth-order valence-corrected chi connectivity index (χ4v) is 6.09. The van der Waals surface area contributed by atoms with E-state index in [1.165, 1.54) is 0 Å². The van der Waals surface area contributed by atoms with E-state index in [0.717, 1.165) is 8.80 Å². The highest BCUT2D eigenvalue weighted by molar-refractivity contribution is 6.11. The molecule has 46 heavy (non-hydrogen) atoms. The number of fused-ring (bicyclic) bond motifs is 8. The molecule has 10 rings (SSSR count). The third-order valence-corrected chi connectivity index (χ3v) is 8.03. The maximum atomic E-state index is 14.8. The Bertz CT molecular complexity index is 4250. The summed E-state index contributed by atoms with van der Waals surface area (Å²) >= 11 is 0. The molecule has 0 spiro atoms. The van der Waals surface area contributed by atoms with E-state index in [-0.39, 0.29) is 0 Å². The zero-order valence-corrected chi connectivity index (χ0v) is 22.5. The average molecular weight is 613 g/mol. The van der Waals surface area contributed by atoms with Crippen LogP contribution in [0.5, 0.6) is 0 Å². The van der Waals surface area contributed by atoms with Crippen LogP contribution < -0.4 is 21.7 Å². The van der Waals surface area contributed by atoms with Crippen molar-refractivity contribution in [1.29, 1.82) is 0 Å². The lowest BCUT2D eigenvalue weighted by atomic mass is 9.95. The Labute approximate surface area is 286 Å². The van der Waals surface area contributed by atoms with Crippen molar-refractivity contribution >= 4 is 76.2 Å². The molecule has 0 N–H and O–H groups in total. The van der Waals surface area contributed by atoms with Crippen molar-refractivity contribution in [1.82, 2.24) is 8.80 Å². The van der Waals surface area contributed by atoms with E-state index in [9.17, 15) is 26.0 Å². The summed E-state index contributed by atoms with van der Waals surface area (Å²) in [7, 11) is 0. The second-order valence-corrected chi connectivity index (χ2v) is 10.3. The molecule has 10 aromatic rings. The lowest BCUT2D eigenvalue weighted by Crippen LogP contribution is -2.14. The second kappa shape index (κ2) is 8.61. The molecule has 0 saturated carbocycles. The summed E-state index contributed by atoms with van der Waals surface area (Å²) < 4.78 is 178. The second-order valence-electron chi connectivity index (χ2n) is 10.3. The molecule has 4 heterocycles. The van der Waals surface area contributed by atoms with Crippen molar-refractivity contribution in [3.63, 3.8) is 0 Å². The number of pyridine rings is 4. The molecule has 0 aliphatic carbocycles. The molecule has 6 nitrogen and oxygen atoms in total. The van der Waals surface area contributed by atoms with Gasteiger partial charge in [-0.1, -0.05) is 48.3 Å². The van der Waals surface area contributed by atoms with Gasteiger partial charge in [0.2, 0.25) is 0 Å². The van der Waals surface area contributed by atoms with Crippen molar-refractivity contribution in [2.45, 2.75) is 0 Å². The normalized spacial score (nSPS) is 18.3. The Morgan fingerprint density at radius 3 is 1.24 bits per heavy atom. The predicted molar refractivity (Wildman–Crippen MR) is 186 cm³/mol. The van der Waals surface area contributed by atoms with Gasteiger partial charge in [0.05, 0.1) is 60.5 Å². The van der Waals surface area contributed by atoms with Gasteiger partial charge < -0.3 is 8.80 Å². The van der Waals surface area contributed by atoms with E-state index in [2.05, 4.69) is 0 Å². The van der Waals surface area contributed by atoms with Crippen molar-refractivity contribution in [3.8, 4) is 11.1 Å². The first-order valence-corrected chi connectivity index (χ1v) is 13.4. The molecule has 4 aromatic heterocycles. The summed E-state index contributed by atoms with van der Waals surface area (Å²) in [5, 5.41) is -6.79. The number of hydrogen-bond donors (Lipinski definition) is 0. The lowest BCUT2D eigenvalue weighted by Gasteiger charge is -2.16. The molecular weight excluding hydrogens is 572 g/mol. The Morgan fingerprint density at radius 2 is 0.717 bits per heavy atom. The SMILES string of the molecule is [2H]c1c([2H])c([2H])c2c(c1[2H])c(=O)c1c([2H])c([2H])c([2H])c3c(=O)c4c([2H])c(-c5c([2H])c6c(=O)c7c([2H])c([2H])c([2H])c([2H])c7n7c8c([2H])c([2H])c([2H])c([2H])c8c(=O)c(c5[2H])c67)c([2H])c([2H])c4n2c13. The lowest BCUT2D eigenvalue weighted by molar-refractivity contribution is 1.30. The van der Waals surface area contributed by atoms with Crippen LogP contribution in [0.15, 0.2) is 140 Å². The first-order valence-electron chi connectivity index (χ1n) is 23.4. The van der Waals surface area contributed by atoms with Crippen LogP contribution in [0.1, 0.15) is 27.4 Å². The molecule has 214 valence electrons. The number of hydrogen-bond acceptors (Lipinski definition) is 4. The number of para-hydroxylation sites is 4. The summed E-state index contributed by atoms with van der Waals surface area (Å²) in [4.78, 5) is 58.5. The molecule has 6 aromatic carbocycles. The van der Waals surface area contributed by atoms with E-state index in [0.29, 0.717) is 0 Å². The van der Waals surface area contributed by atoms with Crippen molar-refractivity contribution in [2.24, 2.45) is 0 Å². The summed E-state index contributed by atoms with van der Waals surface area (Å²) in [5.41, 5.74) is -11.5. The molecule has 0 aliphatic rings. The van der Waals surface area contributed by atoms with Crippen molar-refractivity contribution < 1.29 is 27.4 Å². The van der Waals surface area contributed by atoms with E-state index >= 15 is 0 Å². The van der Waals surface area contributed by atoms with Gasteiger partial charge in [0, 0.05) is 43.1 Å². The van der Waals surface area contributed by atoms with Gasteiger partial charge in [0.15, 0.2) is 21.7 Å². The fourth-order valence-electron chi connectivity index (χ4n) is 6.09. The number of aromatic nitrogens is 2. The van der Waals surface area contributed by atoms with E-state index < -0.39 is 230 Å². The van der Waals surface area contributed by atoms with Crippen LogP contribution in [0.25, 0.3) is 87.3 Å². The minimum absolute atomic E-state index is 0.649. The van der Waals surface area contributed by atoms with Crippen LogP contribution in [0, 0.1) is 0 Å². The highest BCUT2D eigenvalue weighted by Gasteiger charge is 2.20. The van der Waals surface area contributed by atoms with Crippen LogP contribution in [0.4, 0.5) is 0 Å². The first kappa shape index (κ1) is 12.5. The Hall–Kier alpha value is -6.40. The van der Waals surface area contributed by atoms with Gasteiger partial charge in [0.1, 0.15) is 0 Å². The summed E-state index contributed by atoms with van der Waals surface area (Å²) in [5.74, 6) is 0. The number of benzene rings is 6. The van der Waals surface area contributed by atoms with Gasteiger partial charge in [-0.3, -0.25) is 19.2 Å². The molecule has 0 atom stereocenters. The molecule has 0 bridgehead atoms. The van der Waals surface area contributed by atoms with Gasteiger partial charge in [0.25, 0.3) is 0 Å². The molecule has 0 saturated heterocycles. The predicted octanol–water partition coefficient (Wildman–Crippen LogP) is 7.09. The molecule has 6 heteroatoms. The van der Waals surface area contributed by atoms with Crippen LogP contribution >= 0.6 is 0 Å². The average Bonchev–Trinajstić information content (AvgIpc) is 3.27. The minimum atomic E-state index is -1.38. The van der Waals surface area contributed by atoms with Crippen LogP contribution in [0.3, 0.4) is 0 Å². The van der Waals surface area contributed by atoms with E-state index in [1.807, 2.05) is 0 Å². The highest BCUT2D eigenvalue weighted by Crippen LogP contribution is 2.33. The summed E-state index contributed by atoms with van der Waals surface area (Å²) in [6, 6.07) is -19.5. The topological polar surface area (TPSA) is 77.1 Å². The number of rotatable bonds is 1. The van der Waals surface area contributed by atoms with E-state index in [1.54, 1.807) is 0 Å². The molecule has 0 unspecified atom stereocenters. The van der Waals surface area contributed by atoms with Gasteiger partial charge in [-0.2, -0.15) is 0 Å². The van der Waals surface area contributed by atoms with Gasteiger partial charge in [-0.25, -0.2) is 0 Å². The quantitative estimate of drug-likeness (QED) is 0.146. The Morgan fingerprint density at radius 1 is 0.348 bits per heavy atom. The summed E-state index contributed by atoms with van der Waals surface area (Å²) in [6.45, 7) is 0. The molecule has 0 amide bonds. The zero-order valence-electron chi connectivity index (χ0n) is 42.5. The number of nitrogens with zero attached hydrogens (tertiary/aromatic N) is 2. The zero-order chi connectivity index (χ0) is 48.2. The van der Waals surface area contributed by atoms with Crippen LogP contribution in [-0.4, -0.2) is 8.80 Å². The van der Waals surface area contributed by atoms with Crippen LogP contribution in [-0.2, 0) is 0 Å². The standard InChI is InChI=1S/C40H20N2O4/c43-37-23-8-1-4-13-31(23)42-34-17-16-21(18-28(34)40(46)27-12-7-11-26(37)35(27)42)22-19-29-36-30(20-22)39(45)25-10-3-6-15-33(25)41(36)32-14-5-2-9-24(32)38(29)44/h1-20H/i1D,2D,3D,4D,5D,6D,7D,8D,9D,10D,11D,12D,13D,14D,15D,16D,17D,18D,19D,20D. The van der Waals surface area contributed by atoms with E-state index in [4.69, 9.17) is 20.6 Å². The molecule has 0 aliphatic heterocycles. The first-order chi connectivity index (χ1) is 30.9. The largest absolute Gasteiger partial charge is 0.308 e.